The van der Waals surface area contributed by atoms with Crippen molar-refractivity contribution in [3.05, 3.63) is 28.5 Å². The maximum Gasteiger partial charge on any atom is 0.219 e. The lowest BCUT2D eigenvalue weighted by molar-refractivity contribution is -0.120. The minimum Gasteiger partial charge on any atom is -0.382 e. The second-order valence-electron chi connectivity index (χ2n) is 3.30. The number of hydrogen-bond acceptors (Lipinski definition) is 2. The van der Waals surface area contributed by atoms with Gasteiger partial charge in [-0.25, -0.2) is 4.39 Å². The zero-order valence-electron chi connectivity index (χ0n) is 9.02. The monoisotopic (exact) mass is 288 g/mol. The number of anilines is 1. The van der Waals surface area contributed by atoms with Gasteiger partial charge in [0.2, 0.25) is 5.91 Å². The normalized spacial score (nSPS) is 9.94. The molecular weight excluding hydrogens is 275 g/mol. The molecule has 0 bridgehead atoms. The second-order valence-corrected chi connectivity index (χ2v) is 4.15. The van der Waals surface area contributed by atoms with Crippen LogP contribution in [0.1, 0.15) is 12.8 Å². The van der Waals surface area contributed by atoms with Crippen molar-refractivity contribution in [1.82, 2.24) is 5.32 Å². The van der Waals surface area contributed by atoms with Gasteiger partial charge in [-0.3, -0.25) is 4.79 Å². The van der Waals surface area contributed by atoms with Gasteiger partial charge in [0.15, 0.2) is 0 Å². The molecule has 2 N–H and O–H groups in total. The van der Waals surface area contributed by atoms with Crippen LogP contribution in [0.4, 0.5) is 10.1 Å². The van der Waals surface area contributed by atoms with Crippen LogP contribution in [-0.4, -0.2) is 19.5 Å². The largest absolute Gasteiger partial charge is 0.382 e. The summed E-state index contributed by atoms with van der Waals surface area (Å²) in [5.74, 6) is -0.302. The van der Waals surface area contributed by atoms with Crippen molar-refractivity contribution in [2.45, 2.75) is 12.8 Å². The minimum atomic E-state index is -0.297. The molecule has 0 fully saturated rings. The van der Waals surface area contributed by atoms with Crippen molar-refractivity contribution in [1.29, 1.82) is 0 Å². The number of benzene rings is 1. The minimum absolute atomic E-state index is 0.00519. The van der Waals surface area contributed by atoms with Gasteiger partial charge in [0.25, 0.3) is 0 Å². The van der Waals surface area contributed by atoms with Gasteiger partial charge in [0.1, 0.15) is 5.82 Å². The molecule has 0 aliphatic heterocycles. The van der Waals surface area contributed by atoms with Gasteiger partial charge in [-0.05, 0) is 34.5 Å². The highest BCUT2D eigenvalue weighted by Crippen LogP contribution is 2.24. The van der Waals surface area contributed by atoms with Crippen LogP contribution in [0.15, 0.2) is 22.7 Å². The zero-order valence-corrected chi connectivity index (χ0v) is 10.6. The summed E-state index contributed by atoms with van der Waals surface area (Å²) in [6, 6.07) is 4.80. The van der Waals surface area contributed by atoms with Crippen LogP contribution in [-0.2, 0) is 4.79 Å². The molecule has 0 unspecified atom stereocenters. The van der Waals surface area contributed by atoms with Gasteiger partial charge in [-0.1, -0.05) is 6.07 Å². The Kier molecular flexibility index (Phi) is 5.25. The van der Waals surface area contributed by atoms with Crippen LogP contribution in [0.2, 0.25) is 0 Å². The lowest BCUT2D eigenvalue weighted by Crippen LogP contribution is -2.18. The maximum atomic E-state index is 13.3. The molecular formula is C11H14BrFN2O. The Morgan fingerprint density at radius 2 is 2.25 bits per heavy atom. The molecule has 0 atom stereocenters. The first-order valence-corrected chi connectivity index (χ1v) is 5.83. The van der Waals surface area contributed by atoms with Crippen molar-refractivity contribution in [3.8, 4) is 0 Å². The Labute approximate surface area is 103 Å². The van der Waals surface area contributed by atoms with E-state index in [0.29, 0.717) is 29.5 Å². The van der Waals surface area contributed by atoms with Gasteiger partial charge in [0, 0.05) is 24.5 Å². The molecule has 0 aliphatic carbocycles. The summed E-state index contributed by atoms with van der Waals surface area (Å²) >= 11 is 3.26. The summed E-state index contributed by atoms with van der Waals surface area (Å²) in [6.45, 7) is 0.562. The second kappa shape index (κ2) is 6.48. The molecule has 1 rings (SSSR count). The summed E-state index contributed by atoms with van der Waals surface area (Å²) in [4.78, 5) is 10.9. The van der Waals surface area contributed by atoms with Gasteiger partial charge in [-0.2, -0.15) is 0 Å². The fraction of sp³-hybridized carbons (Fsp3) is 0.364. The van der Waals surface area contributed by atoms with Crippen LogP contribution in [0.25, 0.3) is 0 Å². The molecule has 0 heterocycles. The van der Waals surface area contributed by atoms with Gasteiger partial charge in [-0.15, -0.1) is 0 Å². The van der Waals surface area contributed by atoms with E-state index < -0.39 is 0 Å². The SMILES string of the molecule is CNC(=O)CCCNc1c(F)cccc1Br. The fourth-order valence-electron chi connectivity index (χ4n) is 1.25. The highest BCUT2D eigenvalue weighted by molar-refractivity contribution is 9.10. The molecule has 0 saturated heterocycles. The average molecular weight is 289 g/mol. The zero-order chi connectivity index (χ0) is 12.0. The third-order valence-electron chi connectivity index (χ3n) is 2.12. The van der Waals surface area contributed by atoms with E-state index in [1.165, 1.54) is 6.07 Å². The number of carbonyl (C=O) groups is 1. The van der Waals surface area contributed by atoms with Crippen molar-refractivity contribution < 1.29 is 9.18 Å². The smallest absolute Gasteiger partial charge is 0.219 e. The number of halogens is 2. The number of hydrogen-bond donors (Lipinski definition) is 2. The van der Waals surface area contributed by atoms with Crippen molar-refractivity contribution in [2.24, 2.45) is 0 Å². The first-order chi connectivity index (χ1) is 7.65. The summed E-state index contributed by atoms with van der Waals surface area (Å²) < 4.78 is 14.0. The first kappa shape index (κ1) is 13.0. The predicted molar refractivity (Wildman–Crippen MR) is 65.9 cm³/mol. The third-order valence-corrected chi connectivity index (χ3v) is 2.78. The van der Waals surface area contributed by atoms with Crippen LogP contribution in [0.3, 0.4) is 0 Å². The van der Waals surface area contributed by atoms with Crippen molar-refractivity contribution >= 4 is 27.5 Å². The highest BCUT2D eigenvalue weighted by Gasteiger charge is 2.05. The highest BCUT2D eigenvalue weighted by atomic mass is 79.9. The van der Waals surface area contributed by atoms with E-state index in [4.69, 9.17) is 0 Å². The van der Waals surface area contributed by atoms with Gasteiger partial charge >= 0.3 is 0 Å². The van der Waals surface area contributed by atoms with E-state index in [9.17, 15) is 9.18 Å². The molecule has 0 aliphatic rings. The fourth-order valence-corrected chi connectivity index (χ4v) is 1.74. The number of rotatable bonds is 5. The Bertz CT molecular complexity index is 351. The topological polar surface area (TPSA) is 41.1 Å². The average Bonchev–Trinajstić information content (AvgIpc) is 2.27. The molecule has 5 heteroatoms. The van der Waals surface area contributed by atoms with E-state index in [2.05, 4.69) is 26.6 Å². The molecule has 0 saturated carbocycles. The summed E-state index contributed by atoms with van der Waals surface area (Å²) in [7, 11) is 1.60. The third kappa shape index (κ3) is 3.81. The Balaban J connectivity index is 2.40. The summed E-state index contributed by atoms with van der Waals surface area (Å²) in [5.41, 5.74) is 0.444. The van der Waals surface area contributed by atoms with E-state index in [1.54, 1.807) is 19.2 Å². The van der Waals surface area contributed by atoms with Crippen molar-refractivity contribution in [2.75, 3.05) is 18.9 Å². The predicted octanol–water partition coefficient (Wildman–Crippen LogP) is 2.53. The van der Waals surface area contributed by atoms with E-state index in [0.717, 1.165) is 0 Å². The molecule has 88 valence electrons. The lowest BCUT2D eigenvalue weighted by atomic mass is 10.2. The molecule has 0 spiro atoms. The lowest BCUT2D eigenvalue weighted by Gasteiger charge is -2.09. The van der Waals surface area contributed by atoms with E-state index in [1.807, 2.05) is 0 Å². The van der Waals surface area contributed by atoms with Gasteiger partial charge < -0.3 is 10.6 Å². The van der Waals surface area contributed by atoms with Crippen LogP contribution < -0.4 is 10.6 Å². The number of carbonyl (C=O) groups excluding carboxylic acids is 1. The van der Waals surface area contributed by atoms with E-state index in [-0.39, 0.29) is 11.7 Å². The summed E-state index contributed by atoms with van der Waals surface area (Å²) in [6.07, 6.45) is 1.11. The number of nitrogens with one attached hydrogen (secondary N) is 2. The summed E-state index contributed by atoms with van der Waals surface area (Å²) in [5, 5.41) is 5.50. The number of amides is 1. The molecule has 1 amide bonds. The molecule has 0 radical (unpaired) electrons. The first-order valence-electron chi connectivity index (χ1n) is 5.03. The Hall–Kier alpha value is -1.10. The van der Waals surface area contributed by atoms with Crippen LogP contribution in [0, 0.1) is 5.82 Å². The molecule has 3 nitrogen and oxygen atoms in total. The molecule has 16 heavy (non-hydrogen) atoms. The standard InChI is InChI=1S/C11H14BrFN2O/c1-14-10(16)6-3-7-15-11-8(12)4-2-5-9(11)13/h2,4-5,15H,3,6-7H2,1H3,(H,14,16). The van der Waals surface area contributed by atoms with E-state index >= 15 is 0 Å². The van der Waals surface area contributed by atoms with Crippen molar-refractivity contribution in [3.63, 3.8) is 0 Å². The Morgan fingerprint density at radius 3 is 2.88 bits per heavy atom. The quantitative estimate of drug-likeness (QED) is 0.818. The number of para-hydroxylation sites is 1. The van der Waals surface area contributed by atoms with Crippen LogP contribution in [0.5, 0.6) is 0 Å². The molecule has 1 aromatic carbocycles. The Morgan fingerprint density at radius 1 is 1.50 bits per heavy atom. The molecule has 1 aromatic rings. The molecule has 0 aromatic heterocycles. The van der Waals surface area contributed by atoms with Crippen LogP contribution >= 0.6 is 15.9 Å². The van der Waals surface area contributed by atoms with Gasteiger partial charge in [0.05, 0.1) is 5.69 Å². The maximum absolute atomic E-state index is 13.3.